The zero-order valence-corrected chi connectivity index (χ0v) is 19.1. The van der Waals surface area contributed by atoms with Crippen LogP contribution in [0.25, 0.3) is 0 Å². The van der Waals surface area contributed by atoms with Crippen LogP contribution < -0.4 is 16.0 Å². The van der Waals surface area contributed by atoms with E-state index in [4.69, 9.17) is 0 Å². The molecule has 6 nitrogen and oxygen atoms in total. The molecule has 1 aromatic rings. The summed E-state index contributed by atoms with van der Waals surface area (Å²) in [6, 6.07) is 12.6. The molecule has 2 atom stereocenters. The third-order valence-corrected chi connectivity index (χ3v) is 6.13. The van der Waals surface area contributed by atoms with Crippen LogP contribution in [0, 0.1) is 5.41 Å². The number of nitrogens with one attached hydrogen (secondary N) is 3. The second-order valence-corrected chi connectivity index (χ2v) is 9.62. The van der Waals surface area contributed by atoms with Gasteiger partial charge in [-0.15, -0.1) is 0 Å². The first-order chi connectivity index (χ1) is 14.4. The topological polar surface area (TPSA) is 68.8 Å². The van der Waals surface area contributed by atoms with Crippen LogP contribution in [0.5, 0.6) is 0 Å². The van der Waals surface area contributed by atoms with E-state index >= 15 is 0 Å². The Balaban J connectivity index is 1.50. The van der Waals surface area contributed by atoms with Gasteiger partial charge in [-0.25, -0.2) is 0 Å². The van der Waals surface area contributed by atoms with Crippen LogP contribution in [-0.2, 0) is 11.3 Å². The van der Waals surface area contributed by atoms with Crippen LogP contribution in [0.15, 0.2) is 35.3 Å². The lowest BCUT2D eigenvalue weighted by molar-refractivity contribution is -0.128. The summed E-state index contributed by atoms with van der Waals surface area (Å²) in [5.74, 6) is 0.932. The molecule has 0 saturated carbocycles. The first-order valence-corrected chi connectivity index (χ1v) is 11.5. The van der Waals surface area contributed by atoms with E-state index in [2.05, 4.69) is 63.1 Å². The molecule has 30 heavy (non-hydrogen) atoms. The molecule has 166 valence electrons. The highest BCUT2D eigenvalue weighted by molar-refractivity contribution is 5.81. The van der Waals surface area contributed by atoms with E-state index in [0.717, 1.165) is 31.9 Å². The average Bonchev–Trinajstić information content (AvgIpc) is 2.93. The van der Waals surface area contributed by atoms with Gasteiger partial charge in [0.05, 0.1) is 6.54 Å². The number of nitrogens with zero attached hydrogens (tertiary/aromatic N) is 2. The second kappa shape index (κ2) is 10.3. The number of carbonyl (C=O) groups excluding carboxylic acids is 1. The highest BCUT2D eigenvalue weighted by atomic mass is 16.2. The zero-order valence-electron chi connectivity index (χ0n) is 19.1. The van der Waals surface area contributed by atoms with E-state index in [9.17, 15) is 4.79 Å². The third-order valence-electron chi connectivity index (χ3n) is 6.13. The summed E-state index contributed by atoms with van der Waals surface area (Å²) in [5, 5.41) is 9.99. The molecule has 3 N–H and O–H groups in total. The number of piperidine rings is 1. The lowest BCUT2D eigenvalue weighted by Gasteiger charge is -2.39. The Morgan fingerprint density at radius 1 is 1.10 bits per heavy atom. The predicted molar refractivity (Wildman–Crippen MR) is 123 cm³/mol. The van der Waals surface area contributed by atoms with Crippen molar-refractivity contribution in [2.24, 2.45) is 10.4 Å². The number of carbonyl (C=O) groups is 1. The molecule has 0 aliphatic carbocycles. The van der Waals surface area contributed by atoms with E-state index in [0.29, 0.717) is 31.2 Å². The molecule has 0 radical (unpaired) electrons. The zero-order chi connectivity index (χ0) is 21.6. The Morgan fingerprint density at radius 2 is 1.77 bits per heavy atom. The number of benzene rings is 1. The Labute approximate surface area is 181 Å². The first kappa shape index (κ1) is 22.6. The van der Waals surface area contributed by atoms with Crippen molar-refractivity contribution >= 4 is 11.9 Å². The summed E-state index contributed by atoms with van der Waals surface area (Å²) in [7, 11) is 0. The number of aliphatic imine (C=N–C) groups is 1. The molecule has 2 bridgehead atoms. The maximum atomic E-state index is 12.0. The molecule has 2 heterocycles. The molecule has 6 heteroatoms. The number of hydrogen-bond donors (Lipinski definition) is 3. The van der Waals surface area contributed by atoms with E-state index < -0.39 is 0 Å². The Hall–Kier alpha value is -2.08. The standard InChI is InChI=1S/C24H39N5O/c1-5-25-23(27-14-13-26-22(30)24(2,3)4)28-19-15-20-11-12-21(16-19)29(20)17-18-9-7-6-8-10-18/h6-10,19-21H,5,11-17H2,1-4H3,(H,26,30)(H2,25,27,28). The summed E-state index contributed by atoms with van der Waals surface area (Å²) >= 11 is 0. The van der Waals surface area contributed by atoms with Crippen molar-refractivity contribution in [3.63, 3.8) is 0 Å². The van der Waals surface area contributed by atoms with Gasteiger partial charge in [0.15, 0.2) is 5.96 Å². The largest absolute Gasteiger partial charge is 0.357 e. The average molecular weight is 414 g/mol. The van der Waals surface area contributed by atoms with Crippen molar-refractivity contribution < 1.29 is 4.79 Å². The molecule has 1 aromatic carbocycles. The molecule has 2 unspecified atom stereocenters. The maximum absolute atomic E-state index is 12.0. The van der Waals surface area contributed by atoms with Crippen molar-refractivity contribution in [3.05, 3.63) is 35.9 Å². The van der Waals surface area contributed by atoms with E-state index in [1.807, 2.05) is 20.8 Å². The van der Waals surface area contributed by atoms with Gasteiger partial charge in [0.25, 0.3) is 0 Å². The molecule has 2 saturated heterocycles. The van der Waals surface area contributed by atoms with Gasteiger partial charge in [-0.3, -0.25) is 14.7 Å². The first-order valence-electron chi connectivity index (χ1n) is 11.5. The summed E-state index contributed by atoms with van der Waals surface area (Å²) in [6.45, 7) is 10.9. The predicted octanol–water partition coefficient (Wildman–Crippen LogP) is 2.90. The van der Waals surface area contributed by atoms with E-state index in [1.165, 1.54) is 18.4 Å². The summed E-state index contributed by atoms with van der Waals surface area (Å²) in [5.41, 5.74) is 1.05. The fraction of sp³-hybridized carbons (Fsp3) is 0.667. The minimum atomic E-state index is -0.362. The Morgan fingerprint density at radius 3 is 2.37 bits per heavy atom. The molecular formula is C24H39N5O. The molecule has 1 amide bonds. The molecule has 0 aromatic heterocycles. The smallest absolute Gasteiger partial charge is 0.225 e. The highest BCUT2D eigenvalue weighted by Crippen LogP contribution is 2.36. The van der Waals surface area contributed by atoms with Crippen LogP contribution in [0.3, 0.4) is 0 Å². The van der Waals surface area contributed by atoms with Crippen LogP contribution >= 0.6 is 0 Å². The van der Waals surface area contributed by atoms with Crippen LogP contribution in [-0.4, -0.2) is 54.5 Å². The summed E-state index contributed by atoms with van der Waals surface area (Å²) < 4.78 is 0. The lowest BCUT2D eigenvalue weighted by Crippen LogP contribution is -2.52. The quantitative estimate of drug-likeness (QED) is 0.365. The SMILES string of the molecule is CCNC(=NCCNC(=O)C(C)(C)C)NC1CC2CCC(C1)N2Cc1ccccc1. The molecule has 0 spiro atoms. The second-order valence-electron chi connectivity index (χ2n) is 9.62. The van der Waals surface area contributed by atoms with Gasteiger partial charge in [0.1, 0.15) is 0 Å². The number of guanidine groups is 1. The van der Waals surface area contributed by atoms with E-state index in [1.54, 1.807) is 0 Å². The van der Waals surface area contributed by atoms with Crippen molar-refractivity contribution in [1.82, 2.24) is 20.9 Å². The molecule has 2 fully saturated rings. The van der Waals surface area contributed by atoms with Gasteiger partial charge >= 0.3 is 0 Å². The maximum Gasteiger partial charge on any atom is 0.225 e. The van der Waals surface area contributed by atoms with Gasteiger partial charge in [-0.2, -0.15) is 0 Å². The fourth-order valence-corrected chi connectivity index (χ4v) is 4.56. The highest BCUT2D eigenvalue weighted by Gasteiger charge is 2.40. The molecule has 2 aliphatic rings. The molecule has 3 rings (SSSR count). The number of fused-ring (bicyclic) bond motifs is 2. The minimum Gasteiger partial charge on any atom is -0.357 e. The third kappa shape index (κ3) is 6.21. The van der Waals surface area contributed by atoms with Gasteiger partial charge < -0.3 is 16.0 Å². The molecular weight excluding hydrogens is 374 g/mol. The Kier molecular flexibility index (Phi) is 7.75. The molecule has 2 aliphatic heterocycles. The van der Waals surface area contributed by atoms with Crippen molar-refractivity contribution in [3.8, 4) is 0 Å². The van der Waals surface area contributed by atoms with Crippen LogP contribution in [0.4, 0.5) is 0 Å². The van der Waals surface area contributed by atoms with Gasteiger partial charge in [0, 0.05) is 43.2 Å². The summed E-state index contributed by atoms with van der Waals surface area (Å²) in [6.07, 6.45) is 4.91. The fourth-order valence-electron chi connectivity index (χ4n) is 4.56. The summed E-state index contributed by atoms with van der Waals surface area (Å²) in [4.78, 5) is 19.4. The van der Waals surface area contributed by atoms with Crippen molar-refractivity contribution in [1.29, 1.82) is 0 Å². The number of hydrogen-bond acceptors (Lipinski definition) is 3. The van der Waals surface area contributed by atoms with E-state index in [-0.39, 0.29) is 11.3 Å². The van der Waals surface area contributed by atoms with Crippen molar-refractivity contribution in [2.75, 3.05) is 19.6 Å². The van der Waals surface area contributed by atoms with Gasteiger partial charge in [0.2, 0.25) is 5.91 Å². The minimum absolute atomic E-state index is 0.0676. The van der Waals surface area contributed by atoms with Crippen LogP contribution in [0.1, 0.15) is 58.9 Å². The van der Waals surface area contributed by atoms with Gasteiger partial charge in [-0.05, 0) is 38.2 Å². The number of amides is 1. The normalized spacial score (nSPS) is 24.5. The lowest BCUT2D eigenvalue weighted by atomic mass is 9.96. The van der Waals surface area contributed by atoms with Crippen molar-refractivity contribution in [2.45, 2.75) is 78.0 Å². The number of rotatable bonds is 7. The van der Waals surface area contributed by atoms with Crippen LogP contribution in [0.2, 0.25) is 0 Å². The Bertz CT molecular complexity index is 698. The monoisotopic (exact) mass is 413 g/mol. The van der Waals surface area contributed by atoms with Gasteiger partial charge in [-0.1, -0.05) is 51.1 Å².